The molecule has 0 spiro atoms. The van der Waals surface area contributed by atoms with Gasteiger partial charge < -0.3 is 5.32 Å². The molecular weight excluding hydrogens is 346 g/mol. The third-order valence-corrected chi connectivity index (χ3v) is 5.60. The number of aromatic nitrogens is 2. The topological polar surface area (TPSA) is 37.8 Å². The molecule has 1 aromatic carbocycles. The Hall–Kier alpha value is -1.07. The molecule has 21 heavy (non-hydrogen) atoms. The van der Waals surface area contributed by atoms with Crippen molar-refractivity contribution in [3.05, 3.63) is 40.6 Å². The Morgan fingerprint density at radius 1 is 1.29 bits per heavy atom. The minimum absolute atomic E-state index is 0.429. The Morgan fingerprint density at radius 2 is 2.10 bits per heavy atom. The number of nitrogens with one attached hydrogen (secondary N) is 1. The van der Waals surface area contributed by atoms with Crippen LogP contribution in [0.1, 0.15) is 30.8 Å². The predicted octanol–water partition coefficient (Wildman–Crippen LogP) is 4.91. The van der Waals surface area contributed by atoms with E-state index in [1.165, 1.54) is 18.6 Å². The lowest BCUT2D eigenvalue weighted by Crippen LogP contribution is -2.07. The molecule has 1 N–H and O–H groups in total. The van der Waals surface area contributed by atoms with Gasteiger partial charge in [0.2, 0.25) is 0 Å². The number of benzene rings is 1. The van der Waals surface area contributed by atoms with Crippen LogP contribution in [-0.2, 0) is 0 Å². The van der Waals surface area contributed by atoms with Crippen LogP contribution in [0.5, 0.6) is 0 Å². The maximum absolute atomic E-state index is 4.85. The van der Waals surface area contributed by atoms with Crippen molar-refractivity contribution in [1.29, 1.82) is 0 Å². The third-order valence-electron chi connectivity index (χ3n) is 3.48. The fraction of sp³-hybridized carbons (Fsp3) is 0.375. The smallest absolute Gasteiger partial charge is 0.144 e. The van der Waals surface area contributed by atoms with Gasteiger partial charge in [0.15, 0.2) is 0 Å². The Bertz CT molecular complexity index is 612. The number of hydrogen-bond donors (Lipinski definition) is 1. The van der Waals surface area contributed by atoms with Gasteiger partial charge >= 0.3 is 0 Å². The van der Waals surface area contributed by atoms with Gasteiger partial charge in [-0.3, -0.25) is 0 Å². The van der Waals surface area contributed by atoms with Gasteiger partial charge in [-0.05, 0) is 41.4 Å². The Morgan fingerprint density at radius 3 is 2.76 bits per heavy atom. The number of halogens is 1. The summed E-state index contributed by atoms with van der Waals surface area (Å²) >= 11 is 5.63. The number of rotatable bonds is 4. The highest BCUT2D eigenvalue weighted by Gasteiger charge is 2.23. The summed E-state index contributed by atoms with van der Waals surface area (Å²) in [5, 5.41) is 3.77. The van der Waals surface area contributed by atoms with E-state index in [1.807, 2.05) is 30.0 Å². The van der Waals surface area contributed by atoms with Crippen molar-refractivity contribution < 1.29 is 0 Å². The molecule has 0 radical (unpaired) electrons. The molecule has 1 aromatic heterocycles. The molecule has 110 valence electrons. The lowest BCUT2D eigenvalue weighted by Gasteiger charge is -2.15. The minimum atomic E-state index is 0.429. The Balaban J connectivity index is 2.08. The number of hydrogen-bond acceptors (Lipinski definition) is 4. The Kier molecular flexibility index (Phi) is 4.80. The summed E-state index contributed by atoms with van der Waals surface area (Å²) in [6, 6.07) is 10.3. The molecule has 1 atom stereocenters. The zero-order valence-corrected chi connectivity index (χ0v) is 14.4. The summed E-state index contributed by atoms with van der Waals surface area (Å²) in [5.41, 5.74) is 2.10. The molecule has 0 bridgehead atoms. The maximum Gasteiger partial charge on any atom is 0.144 e. The van der Waals surface area contributed by atoms with Crippen molar-refractivity contribution in [1.82, 2.24) is 9.97 Å². The van der Waals surface area contributed by atoms with E-state index in [-0.39, 0.29) is 0 Å². The van der Waals surface area contributed by atoms with E-state index in [0.29, 0.717) is 5.25 Å². The van der Waals surface area contributed by atoms with Crippen LogP contribution in [0.4, 0.5) is 5.82 Å². The van der Waals surface area contributed by atoms with Gasteiger partial charge in [0, 0.05) is 12.1 Å². The molecule has 5 heteroatoms. The second kappa shape index (κ2) is 6.79. The quantitative estimate of drug-likeness (QED) is 0.837. The first-order valence-electron chi connectivity index (χ1n) is 7.28. The molecule has 1 fully saturated rings. The molecule has 3 rings (SSSR count). The highest BCUT2D eigenvalue weighted by molar-refractivity contribution is 9.10. The van der Waals surface area contributed by atoms with E-state index >= 15 is 0 Å². The summed E-state index contributed by atoms with van der Waals surface area (Å²) in [6.45, 7) is 2.93. The first-order valence-corrected chi connectivity index (χ1v) is 9.12. The van der Waals surface area contributed by atoms with E-state index in [0.717, 1.165) is 33.9 Å². The summed E-state index contributed by atoms with van der Waals surface area (Å²) < 4.78 is 0.947. The predicted molar refractivity (Wildman–Crippen MR) is 93.8 cm³/mol. The minimum Gasteiger partial charge on any atom is -0.369 e. The van der Waals surface area contributed by atoms with Gasteiger partial charge in [0.25, 0.3) is 0 Å². The van der Waals surface area contributed by atoms with Crippen molar-refractivity contribution in [2.24, 2.45) is 0 Å². The van der Waals surface area contributed by atoms with Gasteiger partial charge in [-0.1, -0.05) is 30.3 Å². The normalized spacial score (nSPS) is 17.9. The summed E-state index contributed by atoms with van der Waals surface area (Å²) in [5.74, 6) is 3.06. The van der Waals surface area contributed by atoms with Gasteiger partial charge in [-0.2, -0.15) is 11.8 Å². The van der Waals surface area contributed by atoms with Crippen LogP contribution >= 0.6 is 27.7 Å². The van der Waals surface area contributed by atoms with Gasteiger partial charge in [-0.15, -0.1) is 0 Å². The van der Waals surface area contributed by atoms with Crippen molar-refractivity contribution in [3.8, 4) is 11.3 Å². The average Bonchev–Trinajstić information content (AvgIpc) is 3.05. The second-order valence-corrected chi connectivity index (χ2v) is 7.09. The molecule has 1 unspecified atom stereocenters. The lowest BCUT2D eigenvalue weighted by atomic mass is 10.1. The largest absolute Gasteiger partial charge is 0.369 e. The second-order valence-electron chi connectivity index (χ2n) is 4.99. The molecule has 0 aliphatic carbocycles. The third kappa shape index (κ3) is 3.24. The maximum atomic E-state index is 4.85. The number of anilines is 1. The first-order chi connectivity index (χ1) is 10.3. The summed E-state index contributed by atoms with van der Waals surface area (Å²) in [4.78, 5) is 9.59. The van der Waals surface area contributed by atoms with Crippen LogP contribution in [-0.4, -0.2) is 22.3 Å². The monoisotopic (exact) mass is 363 g/mol. The zero-order valence-electron chi connectivity index (χ0n) is 12.0. The molecule has 2 heterocycles. The van der Waals surface area contributed by atoms with Crippen LogP contribution in [0.3, 0.4) is 0 Å². The van der Waals surface area contributed by atoms with Crippen molar-refractivity contribution in [2.75, 3.05) is 17.6 Å². The van der Waals surface area contributed by atoms with Crippen LogP contribution in [0.15, 0.2) is 34.8 Å². The molecule has 0 saturated carbocycles. The summed E-state index contributed by atoms with van der Waals surface area (Å²) in [7, 11) is 0. The van der Waals surface area contributed by atoms with E-state index in [1.54, 1.807) is 0 Å². The van der Waals surface area contributed by atoms with E-state index in [4.69, 9.17) is 9.97 Å². The van der Waals surface area contributed by atoms with E-state index < -0.39 is 0 Å². The highest BCUT2D eigenvalue weighted by Crippen LogP contribution is 2.41. The van der Waals surface area contributed by atoms with Crippen molar-refractivity contribution in [2.45, 2.75) is 25.0 Å². The molecule has 1 aliphatic heterocycles. The molecule has 2 aromatic rings. The summed E-state index contributed by atoms with van der Waals surface area (Å²) in [6.07, 6.45) is 2.43. The standard InChI is InChI=1S/C16H18BrN3S/c1-2-18-16-13(17)14(11-7-4-3-5-8-11)19-15(20-16)12-9-6-10-21-12/h3-5,7-8,12H,2,6,9-10H2,1H3,(H,18,19,20). The van der Waals surface area contributed by atoms with Crippen LogP contribution in [0.2, 0.25) is 0 Å². The van der Waals surface area contributed by atoms with Crippen LogP contribution in [0, 0.1) is 0 Å². The molecule has 0 amide bonds. The average molecular weight is 364 g/mol. The fourth-order valence-corrected chi connectivity index (χ4v) is 4.21. The molecule has 1 aliphatic rings. The van der Waals surface area contributed by atoms with Gasteiger partial charge in [-0.25, -0.2) is 9.97 Å². The van der Waals surface area contributed by atoms with Crippen molar-refractivity contribution in [3.63, 3.8) is 0 Å². The van der Waals surface area contributed by atoms with E-state index in [2.05, 4.69) is 40.3 Å². The molecule has 3 nitrogen and oxygen atoms in total. The Labute approximate surface area is 138 Å². The zero-order chi connectivity index (χ0) is 14.7. The molecular formula is C16H18BrN3S. The number of thioether (sulfide) groups is 1. The van der Waals surface area contributed by atoms with Gasteiger partial charge in [0.05, 0.1) is 15.4 Å². The van der Waals surface area contributed by atoms with Gasteiger partial charge in [0.1, 0.15) is 11.6 Å². The lowest BCUT2D eigenvalue weighted by molar-refractivity contribution is 0.777. The highest BCUT2D eigenvalue weighted by atomic mass is 79.9. The number of nitrogens with zero attached hydrogens (tertiary/aromatic N) is 2. The van der Waals surface area contributed by atoms with Crippen molar-refractivity contribution >= 4 is 33.5 Å². The van der Waals surface area contributed by atoms with Crippen LogP contribution in [0.25, 0.3) is 11.3 Å². The first kappa shape index (κ1) is 14.9. The SMILES string of the molecule is CCNc1nc(C2CCCS2)nc(-c2ccccc2)c1Br. The molecule has 1 saturated heterocycles. The van der Waals surface area contributed by atoms with Crippen LogP contribution < -0.4 is 5.32 Å². The fourth-order valence-electron chi connectivity index (χ4n) is 2.46. The van der Waals surface area contributed by atoms with E-state index in [9.17, 15) is 0 Å².